The van der Waals surface area contributed by atoms with Gasteiger partial charge in [0.05, 0.1) is 18.8 Å². The van der Waals surface area contributed by atoms with Gasteiger partial charge in [-0.2, -0.15) is 18.3 Å². The summed E-state index contributed by atoms with van der Waals surface area (Å²) in [5.74, 6) is 0. The number of hydrogen-bond donors (Lipinski definition) is 0. The summed E-state index contributed by atoms with van der Waals surface area (Å²) < 4.78 is 45.1. The Morgan fingerprint density at radius 1 is 1.21 bits per heavy atom. The maximum Gasteiger partial charge on any atom is 0.435 e. The number of aromatic nitrogens is 2. The Balaban J connectivity index is 1.51. The van der Waals surface area contributed by atoms with Crippen molar-refractivity contribution in [1.82, 2.24) is 19.6 Å². The highest BCUT2D eigenvalue weighted by molar-refractivity contribution is 5.04. The summed E-state index contributed by atoms with van der Waals surface area (Å²) in [5.41, 5.74) is -0.804. The largest absolute Gasteiger partial charge is 0.435 e. The number of likely N-dealkylation sites (tertiary alicyclic amines) is 1. The van der Waals surface area contributed by atoms with Crippen LogP contribution in [-0.2, 0) is 10.9 Å². The molecule has 2 aliphatic heterocycles. The summed E-state index contributed by atoms with van der Waals surface area (Å²) in [6, 6.07) is 1.09. The van der Waals surface area contributed by atoms with E-state index in [9.17, 15) is 13.2 Å². The van der Waals surface area contributed by atoms with Gasteiger partial charge in [0.2, 0.25) is 0 Å². The van der Waals surface area contributed by atoms with Crippen molar-refractivity contribution in [3.8, 4) is 0 Å². The average molecular weight is 346 g/mol. The molecule has 2 atom stereocenters. The minimum atomic E-state index is -4.37. The van der Waals surface area contributed by atoms with Gasteiger partial charge < -0.3 is 4.74 Å². The van der Waals surface area contributed by atoms with E-state index in [2.05, 4.69) is 21.8 Å². The zero-order valence-electron chi connectivity index (χ0n) is 14.0. The van der Waals surface area contributed by atoms with E-state index in [1.165, 1.54) is 10.9 Å². The van der Waals surface area contributed by atoms with E-state index < -0.39 is 11.9 Å². The van der Waals surface area contributed by atoms with Gasteiger partial charge in [0.1, 0.15) is 0 Å². The van der Waals surface area contributed by atoms with Crippen LogP contribution in [0.1, 0.15) is 31.5 Å². The van der Waals surface area contributed by atoms with Crippen molar-refractivity contribution in [3.05, 3.63) is 18.0 Å². The van der Waals surface area contributed by atoms with Crippen molar-refractivity contribution in [1.29, 1.82) is 0 Å². The second-order valence-corrected chi connectivity index (χ2v) is 6.76. The molecule has 3 rings (SSSR count). The summed E-state index contributed by atoms with van der Waals surface area (Å²) >= 11 is 0. The fourth-order valence-corrected chi connectivity index (χ4v) is 3.52. The van der Waals surface area contributed by atoms with E-state index in [4.69, 9.17) is 4.74 Å². The topological polar surface area (TPSA) is 33.5 Å². The van der Waals surface area contributed by atoms with Gasteiger partial charge in [-0.15, -0.1) is 0 Å². The lowest BCUT2D eigenvalue weighted by Gasteiger charge is -2.36. The summed E-state index contributed by atoms with van der Waals surface area (Å²) in [4.78, 5) is 4.73. The smallest absolute Gasteiger partial charge is 0.376 e. The zero-order valence-corrected chi connectivity index (χ0v) is 14.0. The van der Waals surface area contributed by atoms with Gasteiger partial charge >= 0.3 is 6.18 Å². The Kier molecular flexibility index (Phi) is 5.46. The van der Waals surface area contributed by atoms with Gasteiger partial charge in [-0.3, -0.25) is 14.5 Å². The van der Waals surface area contributed by atoms with Crippen LogP contribution in [0.5, 0.6) is 0 Å². The third-order valence-corrected chi connectivity index (χ3v) is 4.81. The summed E-state index contributed by atoms with van der Waals surface area (Å²) in [6.45, 7) is 8.45. The van der Waals surface area contributed by atoms with Crippen LogP contribution in [-0.4, -0.2) is 71.6 Å². The number of nitrogens with zero attached hydrogens (tertiary/aromatic N) is 4. The number of halogens is 3. The lowest BCUT2D eigenvalue weighted by molar-refractivity contribution is -0.141. The van der Waals surface area contributed by atoms with E-state index in [1.54, 1.807) is 0 Å². The van der Waals surface area contributed by atoms with Crippen LogP contribution in [0, 0.1) is 0 Å². The van der Waals surface area contributed by atoms with Gasteiger partial charge in [0, 0.05) is 38.9 Å². The number of ether oxygens (including phenoxy) is 1. The van der Waals surface area contributed by atoms with E-state index in [0.29, 0.717) is 0 Å². The fraction of sp³-hybridized carbons (Fsp3) is 0.812. The van der Waals surface area contributed by atoms with Gasteiger partial charge in [-0.1, -0.05) is 0 Å². The van der Waals surface area contributed by atoms with Gasteiger partial charge in [-0.25, -0.2) is 0 Å². The molecule has 0 aliphatic carbocycles. The fourth-order valence-electron chi connectivity index (χ4n) is 3.52. The first-order chi connectivity index (χ1) is 11.4. The van der Waals surface area contributed by atoms with Crippen LogP contribution in [0.4, 0.5) is 13.2 Å². The van der Waals surface area contributed by atoms with Crippen molar-refractivity contribution >= 4 is 0 Å². The average Bonchev–Trinajstić information content (AvgIpc) is 3.04. The van der Waals surface area contributed by atoms with Crippen molar-refractivity contribution in [3.63, 3.8) is 0 Å². The normalized spacial score (nSPS) is 27.5. The van der Waals surface area contributed by atoms with Crippen molar-refractivity contribution in [2.24, 2.45) is 0 Å². The molecule has 2 saturated heterocycles. The quantitative estimate of drug-likeness (QED) is 0.837. The number of piperidine rings is 1. The van der Waals surface area contributed by atoms with Crippen LogP contribution in [0.15, 0.2) is 12.3 Å². The summed E-state index contributed by atoms with van der Waals surface area (Å²) in [6.07, 6.45) is -0.763. The monoisotopic (exact) mass is 346 g/mol. The zero-order chi connectivity index (χ0) is 17.2. The van der Waals surface area contributed by atoms with Crippen molar-refractivity contribution in [2.75, 3.05) is 45.9 Å². The molecule has 8 heteroatoms. The lowest BCUT2D eigenvalue weighted by Crippen LogP contribution is -2.46. The third kappa shape index (κ3) is 4.49. The van der Waals surface area contributed by atoms with E-state index >= 15 is 0 Å². The molecule has 136 valence electrons. The molecule has 0 saturated carbocycles. The van der Waals surface area contributed by atoms with E-state index in [0.717, 1.165) is 64.8 Å². The maximum absolute atomic E-state index is 12.7. The van der Waals surface area contributed by atoms with Gasteiger partial charge in [-0.05, 0) is 32.4 Å². The van der Waals surface area contributed by atoms with Crippen LogP contribution in [0.25, 0.3) is 0 Å². The molecular formula is C16H25F3N4O. The summed E-state index contributed by atoms with van der Waals surface area (Å²) in [5, 5.41) is 3.74. The SMILES string of the molecule is C[C@@H]1CN(CCN2CCC[C@H](n3ccc(C(F)(F)F)n3)C2)CCO1. The molecule has 2 aliphatic rings. The highest BCUT2D eigenvalue weighted by Crippen LogP contribution is 2.29. The molecular weight excluding hydrogens is 321 g/mol. The third-order valence-electron chi connectivity index (χ3n) is 4.81. The molecule has 3 heterocycles. The molecule has 1 aromatic heterocycles. The molecule has 0 aromatic carbocycles. The van der Waals surface area contributed by atoms with Crippen LogP contribution < -0.4 is 0 Å². The first-order valence-corrected chi connectivity index (χ1v) is 8.60. The predicted octanol–water partition coefficient (Wildman–Crippen LogP) is 2.26. The molecule has 0 amide bonds. The molecule has 0 radical (unpaired) electrons. The molecule has 0 spiro atoms. The molecule has 5 nitrogen and oxygen atoms in total. The predicted molar refractivity (Wildman–Crippen MR) is 83.8 cm³/mol. The maximum atomic E-state index is 12.7. The Morgan fingerprint density at radius 2 is 1.96 bits per heavy atom. The van der Waals surface area contributed by atoms with E-state index in [-0.39, 0.29) is 12.1 Å². The Morgan fingerprint density at radius 3 is 2.62 bits per heavy atom. The Labute approximate surface area is 140 Å². The number of hydrogen-bond acceptors (Lipinski definition) is 4. The molecule has 0 N–H and O–H groups in total. The molecule has 24 heavy (non-hydrogen) atoms. The highest BCUT2D eigenvalue weighted by atomic mass is 19.4. The first kappa shape index (κ1) is 17.7. The second-order valence-electron chi connectivity index (χ2n) is 6.76. The number of alkyl halides is 3. The minimum absolute atomic E-state index is 0.0264. The molecule has 0 bridgehead atoms. The number of rotatable bonds is 4. The molecule has 2 fully saturated rings. The van der Waals surface area contributed by atoms with Crippen LogP contribution in [0.2, 0.25) is 0 Å². The minimum Gasteiger partial charge on any atom is -0.376 e. The molecule has 1 aromatic rings. The van der Waals surface area contributed by atoms with Crippen molar-refractivity contribution < 1.29 is 17.9 Å². The second kappa shape index (κ2) is 7.41. The highest BCUT2D eigenvalue weighted by Gasteiger charge is 2.34. The van der Waals surface area contributed by atoms with Crippen LogP contribution >= 0.6 is 0 Å². The Hall–Kier alpha value is -1.12. The lowest BCUT2D eigenvalue weighted by atomic mass is 10.1. The Bertz CT molecular complexity index is 534. The number of morpholine rings is 1. The standard InChI is InChI=1S/C16H25F3N4O/c1-13-11-22(9-10-24-13)8-7-21-5-2-3-14(12-21)23-6-4-15(20-23)16(17,18)19/h4,6,13-14H,2-3,5,7-12H2,1H3/t13-,14+/m1/s1. The van der Waals surface area contributed by atoms with E-state index in [1.807, 2.05) is 0 Å². The van der Waals surface area contributed by atoms with Crippen molar-refractivity contribution in [2.45, 2.75) is 38.1 Å². The first-order valence-electron chi connectivity index (χ1n) is 8.60. The van der Waals surface area contributed by atoms with Gasteiger partial charge in [0.25, 0.3) is 0 Å². The van der Waals surface area contributed by atoms with Gasteiger partial charge in [0.15, 0.2) is 5.69 Å². The summed E-state index contributed by atoms with van der Waals surface area (Å²) in [7, 11) is 0. The van der Waals surface area contributed by atoms with Crippen LogP contribution in [0.3, 0.4) is 0 Å². The molecule has 0 unspecified atom stereocenters.